The van der Waals surface area contributed by atoms with Gasteiger partial charge in [0.05, 0.1) is 0 Å². The fourth-order valence-corrected chi connectivity index (χ4v) is 2.74. The van der Waals surface area contributed by atoms with Gasteiger partial charge in [-0.2, -0.15) is 0 Å². The molecule has 1 heterocycles. The van der Waals surface area contributed by atoms with Gasteiger partial charge in [0.25, 0.3) is 0 Å². The smallest absolute Gasteiger partial charge is 0.445 e. The monoisotopic (exact) mass is 342 g/mol. The number of benzene rings is 2. The van der Waals surface area contributed by atoms with E-state index in [1.165, 1.54) is 0 Å². The van der Waals surface area contributed by atoms with E-state index in [2.05, 4.69) is 0 Å². The Labute approximate surface area is 156 Å². The molecule has 3 nitrogen and oxygen atoms in total. The summed E-state index contributed by atoms with van der Waals surface area (Å²) in [5.41, 5.74) is 2.87. The molecule has 1 aliphatic rings. The molecule has 2 aromatic carbocycles. The van der Waals surface area contributed by atoms with Crippen molar-refractivity contribution in [3.8, 4) is 0 Å². The third-order valence-corrected chi connectivity index (χ3v) is 4.00. The van der Waals surface area contributed by atoms with Crippen LogP contribution in [-0.2, 0) is 13.7 Å². The quantitative estimate of drug-likeness (QED) is 0.618. The van der Waals surface area contributed by atoms with Crippen LogP contribution < -0.4 is 10.9 Å². The number of hydrogen-bond acceptors (Lipinski definition) is 3. The summed E-state index contributed by atoms with van der Waals surface area (Å²) in [5.74, 6) is 0. The van der Waals surface area contributed by atoms with E-state index in [0.29, 0.717) is 0 Å². The van der Waals surface area contributed by atoms with E-state index in [1.54, 1.807) is 0 Å². The minimum atomic E-state index is -0.522. The fraction of sp³-hybridized carbons (Fsp3) is 0.100. The van der Waals surface area contributed by atoms with Gasteiger partial charge in [-0.1, -0.05) is 91.0 Å². The first-order chi connectivity index (χ1) is 12.8. The Morgan fingerprint density at radius 1 is 0.731 bits per heavy atom. The lowest BCUT2D eigenvalue weighted by Gasteiger charge is -2.31. The molecule has 3 rings (SSSR count). The van der Waals surface area contributed by atoms with Crippen LogP contribution in [0.2, 0.25) is 0 Å². The molecular weight excluding hydrogens is 321 g/mol. The van der Waals surface area contributed by atoms with E-state index < -0.39 is 21.4 Å². The van der Waals surface area contributed by atoms with Gasteiger partial charge in [0.1, 0.15) is 0 Å². The minimum absolute atomic E-state index is 0.501. The van der Waals surface area contributed by atoms with Gasteiger partial charge >= 0.3 is 21.4 Å². The average molecular weight is 342 g/mol. The average Bonchev–Trinajstić information content (AvgIpc) is 2.72. The Kier molecular flexibility index (Phi) is 6.72. The first-order valence-electron chi connectivity index (χ1n) is 8.83. The molecule has 0 atom stereocenters. The molecule has 1 saturated heterocycles. The Hall–Kier alpha value is -2.27. The third kappa shape index (κ3) is 4.67. The maximum Gasteiger partial charge on any atom is 0.467 e. The first-order valence-corrected chi connectivity index (χ1v) is 8.83. The van der Waals surface area contributed by atoms with Gasteiger partial charge < -0.3 is 13.7 Å². The van der Waals surface area contributed by atoms with E-state index >= 15 is 0 Å². The van der Waals surface area contributed by atoms with Crippen LogP contribution in [-0.4, -0.2) is 21.4 Å². The Morgan fingerprint density at radius 3 is 1.73 bits per heavy atom. The predicted octanol–water partition coefficient (Wildman–Crippen LogP) is 2.95. The van der Waals surface area contributed by atoms with Gasteiger partial charge in [-0.15, -0.1) is 0 Å². The highest BCUT2D eigenvalue weighted by Crippen LogP contribution is 2.16. The van der Waals surface area contributed by atoms with Gasteiger partial charge in [0, 0.05) is 0 Å². The molecule has 6 heteroatoms. The van der Waals surface area contributed by atoms with Gasteiger partial charge in [0.15, 0.2) is 0 Å². The van der Waals surface area contributed by atoms with Crippen LogP contribution in [0.1, 0.15) is 13.8 Å². The molecule has 0 amide bonds. The fourth-order valence-electron chi connectivity index (χ4n) is 2.74. The van der Waals surface area contributed by atoms with Crippen molar-refractivity contribution in [1.29, 1.82) is 0 Å². The van der Waals surface area contributed by atoms with Crippen LogP contribution in [0, 0.1) is 0 Å². The molecule has 0 radical (unpaired) electrons. The molecule has 26 heavy (non-hydrogen) atoms. The zero-order chi connectivity index (χ0) is 18.2. The zero-order valence-corrected chi connectivity index (χ0v) is 15.1. The van der Waals surface area contributed by atoms with E-state index in [9.17, 15) is 0 Å². The molecule has 0 N–H and O–H groups in total. The van der Waals surface area contributed by atoms with Crippen LogP contribution in [0.15, 0.2) is 96.5 Å². The summed E-state index contributed by atoms with van der Waals surface area (Å²) in [6, 6.07) is 19.9. The summed E-state index contributed by atoms with van der Waals surface area (Å²) >= 11 is 0. The summed E-state index contributed by atoms with van der Waals surface area (Å²) in [7, 11) is -1.52. The van der Waals surface area contributed by atoms with E-state index in [-0.39, 0.29) is 0 Å². The second-order valence-corrected chi connectivity index (χ2v) is 5.92. The van der Waals surface area contributed by atoms with Gasteiger partial charge in [0.2, 0.25) is 0 Å². The van der Waals surface area contributed by atoms with Crippen molar-refractivity contribution in [2.24, 2.45) is 0 Å². The third-order valence-electron chi connectivity index (χ3n) is 4.00. The van der Waals surface area contributed by atoms with Crippen LogP contribution >= 0.6 is 0 Å². The highest BCUT2D eigenvalue weighted by Gasteiger charge is 2.43. The Bertz CT molecular complexity index is 728. The molecule has 0 unspecified atom stereocenters. The van der Waals surface area contributed by atoms with Crippen molar-refractivity contribution >= 4 is 32.3 Å². The van der Waals surface area contributed by atoms with Crippen molar-refractivity contribution in [3.63, 3.8) is 0 Å². The summed E-state index contributed by atoms with van der Waals surface area (Å²) in [4.78, 5) is 0. The lowest BCUT2D eigenvalue weighted by atomic mass is 9.61. The van der Waals surface area contributed by atoms with Crippen molar-refractivity contribution in [2.45, 2.75) is 13.8 Å². The normalized spacial score (nSPS) is 16.1. The minimum Gasteiger partial charge on any atom is -0.445 e. The van der Waals surface area contributed by atoms with Gasteiger partial charge in [-0.05, 0) is 30.2 Å². The number of allylic oxidation sites excluding steroid dienone is 6. The highest BCUT2D eigenvalue weighted by atomic mass is 16.7. The first kappa shape index (κ1) is 18.5. The Balaban J connectivity index is 1.93. The molecular formula is C20H21B3O3. The molecule has 128 valence electrons. The topological polar surface area (TPSA) is 27.7 Å². The molecule has 0 saturated carbocycles. The summed E-state index contributed by atoms with van der Waals surface area (Å²) < 4.78 is 18.4. The van der Waals surface area contributed by atoms with Crippen LogP contribution in [0.25, 0.3) is 0 Å². The second kappa shape index (κ2) is 9.44. The molecule has 0 aliphatic carbocycles. The van der Waals surface area contributed by atoms with Crippen molar-refractivity contribution in [2.75, 3.05) is 0 Å². The van der Waals surface area contributed by atoms with E-state index in [0.717, 1.165) is 16.4 Å². The molecule has 1 aliphatic heterocycles. The summed E-state index contributed by atoms with van der Waals surface area (Å²) in [6.07, 6.45) is 9.94. The van der Waals surface area contributed by atoms with Gasteiger partial charge in [-0.25, -0.2) is 0 Å². The lowest BCUT2D eigenvalue weighted by molar-refractivity contribution is 0.306. The van der Waals surface area contributed by atoms with Gasteiger partial charge in [-0.3, -0.25) is 0 Å². The second-order valence-electron chi connectivity index (χ2n) is 5.92. The zero-order valence-electron chi connectivity index (χ0n) is 15.1. The lowest BCUT2D eigenvalue weighted by Crippen LogP contribution is -2.58. The molecule has 0 bridgehead atoms. The highest BCUT2D eigenvalue weighted by molar-refractivity contribution is 6.85. The maximum atomic E-state index is 6.14. The van der Waals surface area contributed by atoms with Crippen LogP contribution in [0.4, 0.5) is 0 Å². The summed E-state index contributed by atoms with van der Waals surface area (Å²) in [5, 5.41) is 0. The van der Waals surface area contributed by atoms with Crippen LogP contribution in [0.5, 0.6) is 0 Å². The molecule has 1 fully saturated rings. The molecule has 2 aromatic rings. The predicted molar refractivity (Wildman–Crippen MR) is 110 cm³/mol. The number of hydrogen-bond donors (Lipinski definition) is 0. The molecule has 0 aromatic heterocycles. The number of rotatable bonds is 5. The van der Waals surface area contributed by atoms with Crippen molar-refractivity contribution < 1.29 is 13.7 Å². The van der Waals surface area contributed by atoms with Crippen molar-refractivity contribution in [1.82, 2.24) is 0 Å². The standard InChI is InChI=1S/C20H21B3O3/c1-3-5-13-18(12-4-2)21-24-22(19-14-8-6-9-15-19)26-23(25-21)20-16-10-7-11-17-20/h3-17H,1-2H3/b5-3-,12-4-,18-13+. The van der Waals surface area contributed by atoms with E-state index in [4.69, 9.17) is 13.7 Å². The SMILES string of the molecule is C\C=C/C=C(\C=C/C)B1OB(c2ccccc2)OB(c2ccccc2)O1. The van der Waals surface area contributed by atoms with E-state index in [1.807, 2.05) is 105 Å². The molecule has 0 spiro atoms. The largest absolute Gasteiger partial charge is 0.467 e. The summed E-state index contributed by atoms with van der Waals surface area (Å²) in [6.45, 7) is 3.96. The van der Waals surface area contributed by atoms with Crippen LogP contribution in [0.3, 0.4) is 0 Å². The Morgan fingerprint density at radius 2 is 1.27 bits per heavy atom. The maximum absolute atomic E-state index is 6.14. The van der Waals surface area contributed by atoms with Crippen molar-refractivity contribution in [3.05, 3.63) is 96.5 Å².